The summed E-state index contributed by atoms with van der Waals surface area (Å²) in [4.78, 5) is 9.36. The standard InChI is InChI=1S/C20H43N5O/c1-16(2)25(17(3)4)13-9-11-23-20(21-7)22-10-8-12-24-14-18(5)26-19(6)15-24/h16-19H,8-15H2,1-7H3,(H2,21,22,23). The molecule has 0 aromatic heterocycles. The second-order valence-corrected chi connectivity index (χ2v) is 8.08. The minimum Gasteiger partial charge on any atom is -0.373 e. The predicted octanol–water partition coefficient (Wildman–Crippen LogP) is 2.16. The Bertz CT molecular complexity index is 382. The number of hydrogen-bond donors (Lipinski definition) is 2. The van der Waals surface area contributed by atoms with Crippen LogP contribution in [0.15, 0.2) is 4.99 Å². The number of ether oxygens (including phenoxy) is 1. The van der Waals surface area contributed by atoms with Gasteiger partial charge in [-0.3, -0.25) is 14.8 Å². The van der Waals surface area contributed by atoms with Crippen molar-refractivity contribution >= 4 is 5.96 Å². The number of nitrogens with one attached hydrogen (secondary N) is 2. The topological polar surface area (TPSA) is 52.1 Å². The molecule has 0 aromatic carbocycles. The summed E-state index contributed by atoms with van der Waals surface area (Å²) in [7, 11) is 1.84. The molecule has 2 unspecified atom stereocenters. The highest BCUT2D eigenvalue weighted by Crippen LogP contribution is 2.10. The predicted molar refractivity (Wildman–Crippen MR) is 112 cm³/mol. The molecule has 0 aliphatic carbocycles. The Kier molecular flexibility index (Phi) is 11.2. The molecule has 0 radical (unpaired) electrons. The van der Waals surface area contributed by atoms with Gasteiger partial charge in [-0.1, -0.05) is 0 Å². The van der Waals surface area contributed by atoms with Crippen molar-refractivity contribution in [1.29, 1.82) is 0 Å². The van der Waals surface area contributed by atoms with Crippen molar-refractivity contribution in [1.82, 2.24) is 20.4 Å². The number of morpholine rings is 1. The molecule has 1 aliphatic rings. The van der Waals surface area contributed by atoms with Gasteiger partial charge in [0.05, 0.1) is 12.2 Å². The van der Waals surface area contributed by atoms with Crippen LogP contribution < -0.4 is 10.6 Å². The van der Waals surface area contributed by atoms with Crippen molar-refractivity contribution < 1.29 is 4.74 Å². The maximum Gasteiger partial charge on any atom is 0.190 e. The molecular formula is C20H43N5O. The van der Waals surface area contributed by atoms with Gasteiger partial charge in [0.1, 0.15) is 0 Å². The van der Waals surface area contributed by atoms with Gasteiger partial charge in [-0.2, -0.15) is 0 Å². The fraction of sp³-hybridized carbons (Fsp3) is 0.950. The highest BCUT2D eigenvalue weighted by atomic mass is 16.5. The smallest absolute Gasteiger partial charge is 0.190 e. The van der Waals surface area contributed by atoms with Crippen molar-refractivity contribution in [3.8, 4) is 0 Å². The summed E-state index contributed by atoms with van der Waals surface area (Å²) < 4.78 is 5.79. The Balaban J connectivity index is 2.15. The molecular weight excluding hydrogens is 326 g/mol. The van der Waals surface area contributed by atoms with E-state index < -0.39 is 0 Å². The van der Waals surface area contributed by atoms with Gasteiger partial charge in [0.25, 0.3) is 0 Å². The molecule has 6 heteroatoms. The van der Waals surface area contributed by atoms with Gasteiger partial charge in [0.15, 0.2) is 5.96 Å². The third-order valence-corrected chi connectivity index (χ3v) is 4.87. The maximum absolute atomic E-state index is 5.79. The molecule has 0 amide bonds. The molecule has 0 bridgehead atoms. The van der Waals surface area contributed by atoms with Crippen LogP contribution in [0.3, 0.4) is 0 Å². The second kappa shape index (κ2) is 12.5. The molecule has 1 saturated heterocycles. The molecule has 2 N–H and O–H groups in total. The molecule has 26 heavy (non-hydrogen) atoms. The molecule has 6 nitrogen and oxygen atoms in total. The van der Waals surface area contributed by atoms with Crippen LogP contribution in [0, 0.1) is 0 Å². The first kappa shape index (κ1) is 23.2. The molecule has 1 rings (SSSR count). The van der Waals surface area contributed by atoms with E-state index in [0.29, 0.717) is 24.3 Å². The van der Waals surface area contributed by atoms with Crippen molar-refractivity contribution in [2.75, 3.05) is 46.3 Å². The van der Waals surface area contributed by atoms with Gasteiger partial charge in [-0.05, 0) is 54.4 Å². The molecule has 154 valence electrons. The SMILES string of the molecule is CN=C(NCCCN1CC(C)OC(C)C1)NCCCN(C(C)C)C(C)C. The zero-order chi connectivity index (χ0) is 19.5. The number of nitrogens with zero attached hydrogens (tertiary/aromatic N) is 3. The third kappa shape index (κ3) is 9.19. The number of guanidine groups is 1. The van der Waals surface area contributed by atoms with E-state index in [1.54, 1.807) is 0 Å². The van der Waals surface area contributed by atoms with E-state index in [4.69, 9.17) is 4.74 Å². The lowest BCUT2D eigenvalue weighted by Gasteiger charge is -2.35. The zero-order valence-electron chi connectivity index (χ0n) is 18.2. The van der Waals surface area contributed by atoms with Gasteiger partial charge in [-0.25, -0.2) is 0 Å². The van der Waals surface area contributed by atoms with Gasteiger partial charge >= 0.3 is 0 Å². The van der Waals surface area contributed by atoms with E-state index in [1.165, 1.54) is 0 Å². The van der Waals surface area contributed by atoms with Gasteiger partial charge in [0.2, 0.25) is 0 Å². The van der Waals surface area contributed by atoms with Gasteiger partial charge in [0, 0.05) is 58.4 Å². The first-order chi connectivity index (χ1) is 12.3. The molecule has 0 spiro atoms. The molecule has 1 heterocycles. The van der Waals surface area contributed by atoms with Crippen LogP contribution in [0.4, 0.5) is 0 Å². The average Bonchev–Trinajstić information content (AvgIpc) is 2.54. The minimum absolute atomic E-state index is 0.345. The van der Waals surface area contributed by atoms with E-state index >= 15 is 0 Å². The summed E-state index contributed by atoms with van der Waals surface area (Å²) in [5.41, 5.74) is 0. The lowest BCUT2D eigenvalue weighted by molar-refractivity contribution is -0.0679. The number of hydrogen-bond acceptors (Lipinski definition) is 4. The molecule has 0 aromatic rings. The Morgan fingerprint density at radius 3 is 2.08 bits per heavy atom. The first-order valence-electron chi connectivity index (χ1n) is 10.4. The summed E-state index contributed by atoms with van der Waals surface area (Å²) in [6.07, 6.45) is 2.93. The Labute approximate surface area is 161 Å². The highest BCUT2D eigenvalue weighted by Gasteiger charge is 2.21. The third-order valence-electron chi connectivity index (χ3n) is 4.87. The van der Waals surface area contributed by atoms with E-state index in [2.05, 4.69) is 67.0 Å². The van der Waals surface area contributed by atoms with Crippen molar-refractivity contribution in [3.63, 3.8) is 0 Å². The fourth-order valence-corrected chi connectivity index (χ4v) is 3.78. The Morgan fingerprint density at radius 1 is 1.04 bits per heavy atom. The van der Waals surface area contributed by atoms with Crippen LogP contribution in [-0.4, -0.2) is 86.4 Å². The van der Waals surface area contributed by atoms with E-state index in [1.807, 2.05) is 7.05 Å². The fourth-order valence-electron chi connectivity index (χ4n) is 3.78. The molecule has 1 aliphatic heterocycles. The van der Waals surface area contributed by atoms with Crippen LogP contribution in [0.1, 0.15) is 54.4 Å². The Hall–Kier alpha value is -0.850. The number of aliphatic imine (C=N–C) groups is 1. The van der Waals surface area contributed by atoms with E-state index in [0.717, 1.165) is 58.1 Å². The van der Waals surface area contributed by atoms with Crippen molar-refractivity contribution in [2.24, 2.45) is 4.99 Å². The van der Waals surface area contributed by atoms with Crippen LogP contribution in [0.2, 0.25) is 0 Å². The molecule has 2 atom stereocenters. The lowest BCUT2D eigenvalue weighted by atomic mass is 10.2. The van der Waals surface area contributed by atoms with E-state index in [-0.39, 0.29) is 0 Å². The maximum atomic E-state index is 5.79. The van der Waals surface area contributed by atoms with Crippen LogP contribution in [0.5, 0.6) is 0 Å². The Morgan fingerprint density at radius 2 is 1.58 bits per heavy atom. The van der Waals surface area contributed by atoms with Crippen LogP contribution in [0.25, 0.3) is 0 Å². The lowest BCUT2D eigenvalue weighted by Crippen LogP contribution is -2.46. The van der Waals surface area contributed by atoms with Crippen LogP contribution in [-0.2, 0) is 4.74 Å². The largest absolute Gasteiger partial charge is 0.373 e. The molecule has 0 saturated carbocycles. The second-order valence-electron chi connectivity index (χ2n) is 8.08. The highest BCUT2D eigenvalue weighted by molar-refractivity contribution is 5.79. The summed E-state index contributed by atoms with van der Waals surface area (Å²) in [6.45, 7) is 19.6. The zero-order valence-corrected chi connectivity index (χ0v) is 18.2. The normalized spacial score (nSPS) is 22.5. The first-order valence-corrected chi connectivity index (χ1v) is 10.4. The van der Waals surface area contributed by atoms with Crippen LogP contribution >= 0.6 is 0 Å². The minimum atomic E-state index is 0.345. The number of rotatable bonds is 10. The quantitative estimate of drug-likeness (QED) is 0.351. The van der Waals surface area contributed by atoms with Gasteiger partial charge in [-0.15, -0.1) is 0 Å². The summed E-state index contributed by atoms with van der Waals surface area (Å²) in [5, 5.41) is 6.87. The summed E-state index contributed by atoms with van der Waals surface area (Å²) in [6, 6.07) is 1.19. The van der Waals surface area contributed by atoms with Gasteiger partial charge < -0.3 is 15.4 Å². The summed E-state index contributed by atoms with van der Waals surface area (Å²) >= 11 is 0. The summed E-state index contributed by atoms with van der Waals surface area (Å²) in [5.74, 6) is 0.911. The van der Waals surface area contributed by atoms with Crippen molar-refractivity contribution in [2.45, 2.75) is 78.7 Å². The van der Waals surface area contributed by atoms with Crippen molar-refractivity contribution in [3.05, 3.63) is 0 Å². The average molecular weight is 370 g/mol. The van der Waals surface area contributed by atoms with E-state index in [9.17, 15) is 0 Å². The monoisotopic (exact) mass is 369 g/mol. The molecule has 1 fully saturated rings.